The summed E-state index contributed by atoms with van der Waals surface area (Å²) in [6, 6.07) is 0.505. The molecule has 0 saturated carbocycles. The molecule has 0 bridgehead atoms. The van der Waals surface area contributed by atoms with E-state index in [0.29, 0.717) is 12.0 Å². The van der Waals surface area contributed by atoms with Gasteiger partial charge in [-0.3, -0.25) is 0 Å². The summed E-state index contributed by atoms with van der Waals surface area (Å²) < 4.78 is 7.78. The first-order valence-corrected chi connectivity index (χ1v) is 6.94. The molecule has 3 aliphatic rings. The molecule has 6 heteroatoms. The van der Waals surface area contributed by atoms with Crippen LogP contribution in [-0.4, -0.2) is 41.0 Å². The van der Waals surface area contributed by atoms with E-state index in [0.717, 1.165) is 57.3 Å². The van der Waals surface area contributed by atoms with Gasteiger partial charge in [0.25, 0.3) is 0 Å². The number of piperidine rings is 1. The molecule has 3 aliphatic heterocycles. The van der Waals surface area contributed by atoms with E-state index >= 15 is 0 Å². The maximum atomic E-state index is 5.67. The number of aromatic nitrogens is 3. The van der Waals surface area contributed by atoms with Crippen LogP contribution in [0.25, 0.3) is 0 Å². The molecule has 0 spiro atoms. The van der Waals surface area contributed by atoms with E-state index in [2.05, 4.69) is 20.3 Å². The molecule has 0 aliphatic carbocycles. The topological polar surface area (TPSA) is 64.0 Å². The van der Waals surface area contributed by atoms with Crippen molar-refractivity contribution in [3.05, 3.63) is 5.82 Å². The van der Waals surface area contributed by atoms with Gasteiger partial charge in [-0.2, -0.15) is 10.1 Å². The average molecular weight is 249 g/mol. The normalized spacial score (nSPS) is 34.8. The van der Waals surface area contributed by atoms with Crippen molar-refractivity contribution in [1.29, 1.82) is 0 Å². The maximum Gasteiger partial charge on any atom is 0.221 e. The minimum absolute atomic E-state index is 0.116. The van der Waals surface area contributed by atoms with E-state index in [9.17, 15) is 0 Å². The Bertz CT molecular complexity index is 440. The Morgan fingerprint density at radius 1 is 1.28 bits per heavy atom. The van der Waals surface area contributed by atoms with Gasteiger partial charge in [-0.05, 0) is 25.8 Å². The highest BCUT2D eigenvalue weighted by Crippen LogP contribution is 2.33. The predicted molar refractivity (Wildman–Crippen MR) is 66.5 cm³/mol. The molecule has 0 aromatic carbocycles. The molecule has 0 amide bonds. The zero-order valence-corrected chi connectivity index (χ0v) is 10.4. The summed E-state index contributed by atoms with van der Waals surface area (Å²) in [5, 5.41) is 11.6. The van der Waals surface area contributed by atoms with E-state index in [1.165, 1.54) is 0 Å². The number of rotatable bonds is 1. The minimum Gasteiger partial charge on any atom is -0.370 e. The molecule has 18 heavy (non-hydrogen) atoms. The van der Waals surface area contributed by atoms with Crippen LogP contribution in [0, 0.1) is 5.92 Å². The third-order valence-corrected chi connectivity index (χ3v) is 4.27. The first-order chi connectivity index (χ1) is 8.92. The van der Waals surface area contributed by atoms with Crippen molar-refractivity contribution in [2.45, 2.75) is 31.4 Å². The van der Waals surface area contributed by atoms with Gasteiger partial charge in [-0.25, -0.2) is 4.68 Å². The number of nitrogens with one attached hydrogen (secondary N) is 2. The van der Waals surface area contributed by atoms with Crippen LogP contribution >= 0.6 is 0 Å². The van der Waals surface area contributed by atoms with E-state index < -0.39 is 0 Å². The molecule has 2 N–H and O–H groups in total. The standard InChI is InChI=1S/C12H19N5O/c1-2-10(18-5-1)11-15-12-14-7-8-6-13-4-3-9(8)17(12)16-11/h8-10,13H,1-7H2,(H,14,15,16). The van der Waals surface area contributed by atoms with E-state index in [1.54, 1.807) is 0 Å². The van der Waals surface area contributed by atoms with Crippen LogP contribution in [0.2, 0.25) is 0 Å². The maximum absolute atomic E-state index is 5.67. The third-order valence-electron chi connectivity index (χ3n) is 4.27. The monoisotopic (exact) mass is 249 g/mol. The SMILES string of the molecule is C1COC(c2nc3n(n2)C2CCNCC2CN3)C1. The highest BCUT2D eigenvalue weighted by Gasteiger charge is 2.34. The number of anilines is 1. The molecule has 1 aromatic heterocycles. The molecular formula is C12H19N5O. The van der Waals surface area contributed by atoms with E-state index in [4.69, 9.17) is 9.84 Å². The number of ether oxygens (including phenoxy) is 1. The second kappa shape index (κ2) is 4.20. The van der Waals surface area contributed by atoms with Crippen LogP contribution in [0.3, 0.4) is 0 Å². The minimum atomic E-state index is 0.116. The molecule has 0 radical (unpaired) electrons. The molecule has 4 heterocycles. The van der Waals surface area contributed by atoms with Crippen LogP contribution in [-0.2, 0) is 4.74 Å². The lowest BCUT2D eigenvalue weighted by Gasteiger charge is -2.36. The zero-order chi connectivity index (χ0) is 11.9. The van der Waals surface area contributed by atoms with Gasteiger partial charge < -0.3 is 15.4 Å². The average Bonchev–Trinajstić information content (AvgIpc) is 3.07. The lowest BCUT2D eigenvalue weighted by molar-refractivity contribution is 0.104. The summed E-state index contributed by atoms with van der Waals surface area (Å²) in [6.45, 7) is 4.00. The van der Waals surface area contributed by atoms with Crippen LogP contribution in [0.1, 0.15) is 37.2 Å². The van der Waals surface area contributed by atoms with Gasteiger partial charge in [0.05, 0.1) is 6.04 Å². The van der Waals surface area contributed by atoms with Gasteiger partial charge in [0, 0.05) is 25.6 Å². The Morgan fingerprint density at radius 3 is 3.17 bits per heavy atom. The van der Waals surface area contributed by atoms with Crippen molar-refractivity contribution in [3.63, 3.8) is 0 Å². The Balaban J connectivity index is 1.65. The predicted octanol–water partition coefficient (Wildman–Crippen LogP) is 0.706. The van der Waals surface area contributed by atoms with Crippen molar-refractivity contribution in [3.8, 4) is 0 Å². The third kappa shape index (κ3) is 1.63. The summed E-state index contributed by atoms with van der Waals surface area (Å²) in [7, 11) is 0. The summed E-state index contributed by atoms with van der Waals surface area (Å²) in [5.41, 5.74) is 0. The number of fused-ring (bicyclic) bond motifs is 3. The second-order valence-electron chi connectivity index (χ2n) is 5.44. The molecule has 2 fully saturated rings. The molecule has 6 nitrogen and oxygen atoms in total. The highest BCUT2D eigenvalue weighted by atomic mass is 16.5. The van der Waals surface area contributed by atoms with Crippen molar-refractivity contribution in [2.75, 3.05) is 31.6 Å². The smallest absolute Gasteiger partial charge is 0.221 e. The molecule has 4 rings (SSSR count). The fourth-order valence-electron chi connectivity index (χ4n) is 3.27. The van der Waals surface area contributed by atoms with Crippen molar-refractivity contribution in [1.82, 2.24) is 20.1 Å². The lowest BCUT2D eigenvalue weighted by Crippen LogP contribution is -2.44. The van der Waals surface area contributed by atoms with Crippen LogP contribution < -0.4 is 10.6 Å². The van der Waals surface area contributed by atoms with Crippen molar-refractivity contribution in [2.24, 2.45) is 5.92 Å². The van der Waals surface area contributed by atoms with E-state index in [-0.39, 0.29) is 6.10 Å². The van der Waals surface area contributed by atoms with Gasteiger partial charge in [-0.1, -0.05) is 0 Å². The number of nitrogens with zero attached hydrogens (tertiary/aromatic N) is 3. The molecular weight excluding hydrogens is 230 g/mol. The Morgan fingerprint density at radius 2 is 2.28 bits per heavy atom. The second-order valence-corrected chi connectivity index (χ2v) is 5.44. The number of hydrogen-bond acceptors (Lipinski definition) is 5. The molecule has 1 aromatic rings. The van der Waals surface area contributed by atoms with Crippen molar-refractivity contribution >= 4 is 5.95 Å². The lowest BCUT2D eigenvalue weighted by atomic mass is 9.92. The van der Waals surface area contributed by atoms with Crippen LogP contribution in [0.5, 0.6) is 0 Å². The quantitative estimate of drug-likeness (QED) is 0.767. The zero-order valence-electron chi connectivity index (χ0n) is 10.4. The molecule has 2 saturated heterocycles. The Kier molecular flexibility index (Phi) is 2.51. The summed E-state index contributed by atoms with van der Waals surface area (Å²) in [6.07, 6.45) is 3.44. The summed E-state index contributed by atoms with van der Waals surface area (Å²) in [4.78, 5) is 4.62. The van der Waals surface area contributed by atoms with Gasteiger partial charge in [-0.15, -0.1) is 0 Å². The number of hydrogen-bond donors (Lipinski definition) is 2. The highest BCUT2D eigenvalue weighted by molar-refractivity contribution is 5.30. The van der Waals surface area contributed by atoms with Crippen molar-refractivity contribution < 1.29 is 4.74 Å². The van der Waals surface area contributed by atoms with Gasteiger partial charge in [0.1, 0.15) is 6.10 Å². The molecule has 98 valence electrons. The van der Waals surface area contributed by atoms with Crippen LogP contribution in [0.4, 0.5) is 5.95 Å². The first kappa shape index (κ1) is 10.8. The first-order valence-electron chi connectivity index (χ1n) is 6.94. The van der Waals surface area contributed by atoms with Gasteiger partial charge in [0.2, 0.25) is 5.95 Å². The molecule has 3 unspecified atom stereocenters. The van der Waals surface area contributed by atoms with Gasteiger partial charge >= 0.3 is 0 Å². The summed E-state index contributed by atoms with van der Waals surface area (Å²) >= 11 is 0. The Hall–Kier alpha value is -1.14. The molecule has 3 atom stereocenters. The summed E-state index contributed by atoms with van der Waals surface area (Å²) in [5.74, 6) is 2.43. The fraction of sp³-hybridized carbons (Fsp3) is 0.833. The largest absolute Gasteiger partial charge is 0.370 e. The van der Waals surface area contributed by atoms with Gasteiger partial charge in [0.15, 0.2) is 5.82 Å². The van der Waals surface area contributed by atoms with Crippen LogP contribution in [0.15, 0.2) is 0 Å². The fourth-order valence-corrected chi connectivity index (χ4v) is 3.27. The van der Waals surface area contributed by atoms with E-state index in [1.807, 2.05) is 0 Å². The Labute approximate surface area is 106 Å².